The van der Waals surface area contributed by atoms with Crippen LogP contribution in [0, 0.1) is 12.7 Å². The Morgan fingerprint density at radius 1 is 1.39 bits per heavy atom. The van der Waals surface area contributed by atoms with Gasteiger partial charge in [0.05, 0.1) is 5.69 Å². The summed E-state index contributed by atoms with van der Waals surface area (Å²) in [6, 6.07) is 6.57. The van der Waals surface area contributed by atoms with Gasteiger partial charge in [0.1, 0.15) is 11.9 Å². The van der Waals surface area contributed by atoms with Crippen LogP contribution in [0.4, 0.5) is 4.39 Å². The molecule has 0 aliphatic carbocycles. The van der Waals surface area contributed by atoms with Gasteiger partial charge in [0.15, 0.2) is 0 Å². The molecule has 0 spiro atoms. The average molecular weight is 248 g/mol. The number of aliphatic hydroxyl groups excluding tert-OH is 1. The molecule has 0 radical (unpaired) electrons. The smallest absolute Gasteiger partial charge is 0.129 e. The minimum absolute atomic E-state index is 0.290. The van der Waals surface area contributed by atoms with E-state index in [4.69, 9.17) is 0 Å². The molecule has 0 saturated carbocycles. The average Bonchev–Trinajstić information content (AvgIpc) is 2.77. The molecule has 0 aliphatic heterocycles. The molecule has 4 heteroatoms. The van der Waals surface area contributed by atoms with Crippen LogP contribution in [0.5, 0.6) is 0 Å². The summed E-state index contributed by atoms with van der Waals surface area (Å²) < 4.78 is 15.5. The van der Waals surface area contributed by atoms with Gasteiger partial charge in [-0.15, -0.1) is 0 Å². The molecule has 1 unspecified atom stereocenters. The summed E-state index contributed by atoms with van der Waals surface area (Å²) in [6.45, 7) is 4.57. The van der Waals surface area contributed by atoms with Gasteiger partial charge in [-0.1, -0.05) is 19.1 Å². The zero-order valence-corrected chi connectivity index (χ0v) is 10.6. The third-order valence-electron chi connectivity index (χ3n) is 2.92. The van der Waals surface area contributed by atoms with Crippen molar-refractivity contribution >= 4 is 0 Å². The topological polar surface area (TPSA) is 38.0 Å². The highest BCUT2D eigenvalue weighted by Crippen LogP contribution is 2.24. The maximum Gasteiger partial charge on any atom is 0.129 e. The molecule has 2 aromatic rings. The second kappa shape index (κ2) is 5.31. The van der Waals surface area contributed by atoms with E-state index in [1.165, 1.54) is 6.07 Å². The van der Waals surface area contributed by atoms with Crippen LogP contribution < -0.4 is 0 Å². The SMILES string of the molecule is CCCn1nccc1C(O)c1ccc(C)cc1F. The lowest BCUT2D eigenvalue weighted by molar-refractivity contribution is 0.202. The molecular weight excluding hydrogens is 231 g/mol. The summed E-state index contributed by atoms with van der Waals surface area (Å²) in [6.07, 6.45) is 1.57. The molecule has 1 atom stereocenters. The minimum atomic E-state index is -0.973. The summed E-state index contributed by atoms with van der Waals surface area (Å²) in [5, 5.41) is 14.4. The lowest BCUT2D eigenvalue weighted by Gasteiger charge is -2.14. The molecule has 18 heavy (non-hydrogen) atoms. The van der Waals surface area contributed by atoms with E-state index in [-0.39, 0.29) is 5.82 Å². The van der Waals surface area contributed by atoms with E-state index in [1.807, 2.05) is 13.8 Å². The van der Waals surface area contributed by atoms with Crippen molar-refractivity contribution in [2.24, 2.45) is 0 Å². The van der Waals surface area contributed by atoms with E-state index < -0.39 is 6.10 Å². The van der Waals surface area contributed by atoms with Gasteiger partial charge >= 0.3 is 0 Å². The standard InChI is InChI=1S/C14H17FN2O/c1-3-8-17-13(6-7-16-17)14(18)11-5-4-10(2)9-12(11)15/h4-7,9,14,18H,3,8H2,1-2H3. The Hall–Kier alpha value is -1.68. The number of benzene rings is 1. The molecule has 0 fully saturated rings. The van der Waals surface area contributed by atoms with E-state index in [9.17, 15) is 9.50 Å². The van der Waals surface area contributed by atoms with Crippen LogP contribution in [0.25, 0.3) is 0 Å². The summed E-state index contributed by atoms with van der Waals surface area (Å²) >= 11 is 0. The number of aliphatic hydroxyl groups is 1. The second-order valence-corrected chi connectivity index (χ2v) is 4.41. The fourth-order valence-corrected chi connectivity index (χ4v) is 1.99. The first kappa shape index (κ1) is 12.8. The van der Waals surface area contributed by atoms with Crippen molar-refractivity contribution in [1.82, 2.24) is 9.78 Å². The van der Waals surface area contributed by atoms with Crippen LogP contribution in [0.1, 0.15) is 36.3 Å². The maximum atomic E-state index is 13.8. The Morgan fingerprint density at radius 2 is 2.17 bits per heavy atom. The molecule has 0 aliphatic rings. The highest BCUT2D eigenvalue weighted by Gasteiger charge is 2.18. The monoisotopic (exact) mass is 248 g/mol. The van der Waals surface area contributed by atoms with E-state index in [0.29, 0.717) is 17.8 Å². The molecule has 1 heterocycles. The Labute approximate surface area is 106 Å². The first-order valence-electron chi connectivity index (χ1n) is 6.09. The van der Waals surface area contributed by atoms with Crippen LogP contribution in [-0.2, 0) is 6.54 Å². The van der Waals surface area contributed by atoms with Crippen molar-refractivity contribution in [3.63, 3.8) is 0 Å². The molecular formula is C14H17FN2O. The van der Waals surface area contributed by atoms with Crippen molar-refractivity contribution in [2.45, 2.75) is 32.9 Å². The van der Waals surface area contributed by atoms with Crippen LogP contribution in [-0.4, -0.2) is 14.9 Å². The van der Waals surface area contributed by atoms with Gasteiger partial charge in [0.2, 0.25) is 0 Å². The van der Waals surface area contributed by atoms with Gasteiger partial charge in [-0.05, 0) is 31.0 Å². The lowest BCUT2D eigenvalue weighted by Crippen LogP contribution is -2.11. The Kier molecular flexibility index (Phi) is 3.77. The first-order valence-corrected chi connectivity index (χ1v) is 6.09. The Balaban J connectivity index is 2.35. The molecule has 3 nitrogen and oxygen atoms in total. The van der Waals surface area contributed by atoms with Gasteiger partial charge in [-0.3, -0.25) is 4.68 Å². The predicted octanol–water partition coefficient (Wildman–Crippen LogP) is 2.82. The van der Waals surface area contributed by atoms with Crippen LogP contribution >= 0.6 is 0 Å². The van der Waals surface area contributed by atoms with E-state index in [1.54, 1.807) is 29.1 Å². The highest BCUT2D eigenvalue weighted by molar-refractivity contribution is 5.30. The fourth-order valence-electron chi connectivity index (χ4n) is 1.99. The predicted molar refractivity (Wildman–Crippen MR) is 67.7 cm³/mol. The zero-order valence-electron chi connectivity index (χ0n) is 10.6. The fraction of sp³-hybridized carbons (Fsp3) is 0.357. The highest BCUT2D eigenvalue weighted by atomic mass is 19.1. The van der Waals surface area contributed by atoms with Crippen molar-refractivity contribution in [3.8, 4) is 0 Å². The van der Waals surface area contributed by atoms with Gasteiger partial charge in [0, 0.05) is 18.3 Å². The molecule has 0 amide bonds. The zero-order chi connectivity index (χ0) is 13.1. The van der Waals surface area contributed by atoms with Crippen LogP contribution in [0.2, 0.25) is 0 Å². The van der Waals surface area contributed by atoms with Crippen molar-refractivity contribution in [3.05, 3.63) is 53.1 Å². The van der Waals surface area contributed by atoms with Crippen LogP contribution in [0.15, 0.2) is 30.5 Å². The molecule has 0 saturated heterocycles. The van der Waals surface area contributed by atoms with Crippen molar-refractivity contribution in [2.75, 3.05) is 0 Å². The number of hydrogen-bond donors (Lipinski definition) is 1. The quantitative estimate of drug-likeness (QED) is 0.903. The van der Waals surface area contributed by atoms with Crippen LogP contribution in [0.3, 0.4) is 0 Å². The van der Waals surface area contributed by atoms with Gasteiger partial charge in [-0.25, -0.2) is 4.39 Å². The van der Waals surface area contributed by atoms with Gasteiger partial charge in [0.25, 0.3) is 0 Å². The lowest BCUT2D eigenvalue weighted by atomic mass is 10.0. The number of rotatable bonds is 4. The van der Waals surface area contributed by atoms with E-state index >= 15 is 0 Å². The molecule has 2 rings (SSSR count). The third kappa shape index (κ3) is 2.43. The molecule has 1 aromatic carbocycles. The summed E-state index contributed by atoms with van der Waals surface area (Å²) in [7, 11) is 0. The number of nitrogens with zero attached hydrogens (tertiary/aromatic N) is 2. The van der Waals surface area contributed by atoms with Gasteiger partial charge in [-0.2, -0.15) is 5.10 Å². The van der Waals surface area contributed by atoms with Crippen molar-refractivity contribution in [1.29, 1.82) is 0 Å². The number of halogens is 1. The van der Waals surface area contributed by atoms with Crippen molar-refractivity contribution < 1.29 is 9.50 Å². The van der Waals surface area contributed by atoms with E-state index in [2.05, 4.69) is 5.10 Å². The molecule has 1 N–H and O–H groups in total. The minimum Gasteiger partial charge on any atom is -0.382 e. The number of hydrogen-bond acceptors (Lipinski definition) is 2. The summed E-state index contributed by atoms with van der Waals surface area (Å²) in [4.78, 5) is 0. The molecule has 1 aromatic heterocycles. The maximum absolute atomic E-state index is 13.8. The number of aromatic nitrogens is 2. The molecule has 0 bridgehead atoms. The normalized spacial score (nSPS) is 12.7. The summed E-state index contributed by atoms with van der Waals surface area (Å²) in [5.74, 6) is -0.383. The van der Waals surface area contributed by atoms with E-state index in [0.717, 1.165) is 12.0 Å². The number of aryl methyl sites for hydroxylation is 2. The first-order chi connectivity index (χ1) is 8.63. The summed E-state index contributed by atoms with van der Waals surface area (Å²) in [5.41, 5.74) is 1.75. The Morgan fingerprint density at radius 3 is 2.83 bits per heavy atom. The van der Waals surface area contributed by atoms with Gasteiger partial charge < -0.3 is 5.11 Å². The third-order valence-corrected chi connectivity index (χ3v) is 2.92. The second-order valence-electron chi connectivity index (χ2n) is 4.41. The Bertz CT molecular complexity index is 536. The largest absolute Gasteiger partial charge is 0.382 e. The molecule has 96 valence electrons.